The molecule has 86 valence electrons. The minimum absolute atomic E-state index is 0.00735. The van der Waals surface area contributed by atoms with E-state index in [2.05, 4.69) is 11.0 Å². The van der Waals surface area contributed by atoms with Crippen molar-refractivity contribution in [2.75, 3.05) is 11.9 Å². The number of hydrogen-bond acceptors (Lipinski definition) is 3. The van der Waals surface area contributed by atoms with Crippen LogP contribution in [0.1, 0.15) is 31.9 Å². The van der Waals surface area contributed by atoms with E-state index in [0.717, 1.165) is 11.3 Å². The van der Waals surface area contributed by atoms with E-state index < -0.39 is 0 Å². The lowest BCUT2D eigenvalue weighted by Gasteiger charge is -2.28. The first-order valence-corrected chi connectivity index (χ1v) is 5.52. The highest BCUT2D eigenvalue weighted by atomic mass is 15.1. The predicted molar refractivity (Wildman–Crippen MR) is 67.1 cm³/mol. The summed E-state index contributed by atoms with van der Waals surface area (Å²) in [6.45, 7) is 4.02. The fourth-order valence-electron chi connectivity index (χ4n) is 1.70. The molecule has 0 saturated heterocycles. The van der Waals surface area contributed by atoms with Gasteiger partial charge >= 0.3 is 0 Å². The maximum absolute atomic E-state index is 8.71. The highest BCUT2D eigenvalue weighted by Crippen LogP contribution is 2.25. The van der Waals surface area contributed by atoms with Crippen LogP contribution in [0, 0.1) is 11.3 Å². The molecular weight excluding hydrogens is 198 g/mol. The predicted octanol–water partition coefficient (Wildman–Crippen LogP) is 2.44. The fraction of sp³-hybridized carbons (Fsp3) is 0.462. The Hall–Kier alpha value is -1.53. The molecule has 2 atom stereocenters. The summed E-state index contributed by atoms with van der Waals surface area (Å²) in [5.41, 5.74) is 8.17. The van der Waals surface area contributed by atoms with Gasteiger partial charge in [0.2, 0.25) is 0 Å². The molecule has 0 aliphatic rings. The molecule has 1 rings (SSSR count). The van der Waals surface area contributed by atoms with Crippen LogP contribution in [-0.2, 0) is 0 Å². The Labute approximate surface area is 97.5 Å². The van der Waals surface area contributed by atoms with Gasteiger partial charge in [-0.05, 0) is 25.5 Å². The molecule has 1 aromatic carbocycles. The summed E-state index contributed by atoms with van der Waals surface area (Å²) in [6, 6.07) is 10.5. The molecule has 0 bridgehead atoms. The first-order valence-electron chi connectivity index (χ1n) is 5.52. The minimum Gasteiger partial charge on any atom is -0.371 e. The molecule has 0 radical (unpaired) electrons. The number of para-hydroxylation sites is 1. The van der Waals surface area contributed by atoms with Crippen LogP contribution in [0.5, 0.6) is 0 Å². The number of rotatable bonds is 4. The smallest absolute Gasteiger partial charge is 0.0643 e. The lowest BCUT2D eigenvalue weighted by Crippen LogP contribution is -2.29. The molecule has 3 heteroatoms. The molecule has 2 N–H and O–H groups in total. The third-order valence-corrected chi connectivity index (χ3v) is 2.86. The number of nitrogens with zero attached hydrogens (tertiary/aromatic N) is 2. The van der Waals surface area contributed by atoms with Crippen molar-refractivity contribution in [2.45, 2.75) is 32.4 Å². The minimum atomic E-state index is 0.00735. The van der Waals surface area contributed by atoms with Crippen molar-refractivity contribution in [3.05, 3.63) is 29.8 Å². The van der Waals surface area contributed by atoms with Gasteiger partial charge in [-0.1, -0.05) is 18.2 Å². The highest BCUT2D eigenvalue weighted by Gasteiger charge is 2.14. The highest BCUT2D eigenvalue weighted by molar-refractivity contribution is 5.55. The van der Waals surface area contributed by atoms with Gasteiger partial charge in [0.05, 0.1) is 12.5 Å². The molecule has 1 unspecified atom stereocenters. The zero-order valence-corrected chi connectivity index (χ0v) is 10.1. The SMILES string of the molecule is CC(CC#N)N(C)c1ccccc1[C@@H](C)N. The molecular formula is C13H19N3. The van der Waals surface area contributed by atoms with Crippen molar-refractivity contribution >= 4 is 5.69 Å². The average molecular weight is 217 g/mol. The van der Waals surface area contributed by atoms with Crippen LogP contribution in [0.4, 0.5) is 5.69 Å². The summed E-state index contributed by atoms with van der Waals surface area (Å²) in [6.07, 6.45) is 0.518. The molecule has 0 fully saturated rings. The maximum Gasteiger partial charge on any atom is 0.0643 e. The fourth-order valence-corrected chi connectivity index (χ4v) is 1.70. The van der Waals surface area contributed by atoms with Crippen LogP contribution in [0.25, 0.3) is 0 Å². The zero-order chi connectivity index (χ0) is 12.1. The largest absolute Gasteiger partial charge is 0.371 e. The Morgan fingerprint density at radius 3 is 2.56 bits per heavy atom. The van der Waals surface area contributed by atoms with E-state index in [9.17, 15) is 0 Å². The van der Waals surface area contributed by atoms with E-state index in [1.165, 1.54) is 0 Å². The summed E-state index contributed by atoms with van der Waals surface area (Å²) in [5, 5.41) is 8.71. The number of hydrogen-bond donors (Lipinski definition) is 1. The van der Waals surface area contributed by atoms with E-state index in [-0.39, 0.29) is 12.1 Å². The van der Waals surface area contributed by atoms with Crippen LogP contribution in [-0.4, -0.2) is 13.1 Å². The van der Waals surface area contributed by atoms with Crippen LogP contribution in [0.3, 0.4) is 0 Å². The van der Waals surface area contributed by atoms with Crippen LogP contribution >= 0.6 is 0 Å². The standard InChI is InChI=1S/C13H19N3/c1-10(8-9-14)16(3)13-7-5-4-6-12(13)11(2)15/h4-7,10-11H,8,15H2,1-3H3/t10?,11-/m1/s1. The van der Waals surface area contributed by atoms with Crippen molar-refractivity contribution in [1.82, 2.24) is 0 Å². The average Bonchev–Trinajstić information content (AvgIpc) is 2.28. The summed E-state index contributed by atoms with van der Waals surface area (Å²) < 4.78 is 0. The van der Waals surface area contributed by atoms with Gasteiger partial charge in [0.15, 0.2) is 0 Å². The van der Waals surface area contributed by atoms with Gasteiger partial charge in [-0.2, -0.15) is 5.26 Å². The molecule has 1 aromatic rings. The van der Waals surface area contributed by atoms with Gasteiger partial charge in [-0.3, -0.25) is 0 Å². The van der Waals surface area contributed by atoms with Crippen LogP contribution < -0.4 is 10.6 Å². The van der Waals surface area contributed by atoms with Crippen molar-refractivity contribution in [3.8, 4) is 6.07 Å². The molecule has 0 heterocycles. The normalized spacial score (nSPS) is 13.9. The van der Waals surface area contributed by atoms with Gasteiger partial charge in [0.25, 0.3) is 0 Å². The molecule has 0 aromatic heterocycles. The topological polar surface area (TPSA) is 53.0 Å². The number of benzene rings is 1. The third-order valence-electron chi connectivity index (χ3n) is 2.86. The van der Waals surface area contributed by atoms with Gasteiger partial charge in [0, 0.05) is 24.8 Å². The van der Waals surface area contributed by atoms with E-state index in [1.807, 2.05) is 45.2 Å². The van der Waals surface area contributed by atoms with Crippen LogP contribution in [0.2, 0.25) is 0 Å². The number of nitriles is 1. The monoisotopic (exact) mass is 217 g/mol. The van der Waals surface area contributed by atoms with E-state index in [4.69, 9.17) is 11.0 Å². The van der Waals surface area contributed by atoms with Crippen molar-refractivity contribution in [2.24, 2.45) is 5.73 Å². The molecule has 3 nitrogen and oxygen atoms in total. The molecule has 0 amide bonds. The van der Waals surface area contributed by atoms with Crippen molar-refractivity contribution in [3.63, 3.8) is 0 Å². The first kappa shape index (κ1) is 12.5. The summed E-state index contributed by atoms with van der Waals surface area (Å²) in [5.74, 6) is 0. The quantitative estimate of drug-likeness (QED) is 0.842. The Morgan fingerprint density at radius 2 is 2.00 bits per heavy atom. The Balaban J connectivity index is 2.99. The second-order valence-electron chi connectivity index (χ2n) is 4.17. The second kappa shape index (κ2) is 5.53. The van der Waals surface area contributed by atoms with Crippen molar-refractivity contribution < 1.29 is 0 Å². The molecule has 0 aliphatic carbocycles. The molecule has 0 spiro atoms. The Morgan fingerprint density at radius 1 is 1.38 bits per heavy atom. The number of anilines is 1. The number of nitrogens with two attached hydrogens (primary N) is 1. The molecule has 0 saturated carbocycles. The molecule has 16 heavy (non-hydrogen) atoms. The first-order chi connectivity index (χ1) is 7.57. The van der Waals surface area contributed by atoms with Gasteiger partial charge < -0.3 is 10.6 Å². The van der Waals surface area contributed by atoms with E-state index in [0.29, 0.717) is 6.42 Å². The van der Waals surface area contributed by atoms with E-state index >= 15 is 0 Å². The second-order valence-corrected chi connectivity index (χ2v) is 4.17. The Bertz CT molecular complexity index is 379. The summed E-state index contributed by atoms with van der Waals surface area (Å²) in [4.78, 5) is 2.11. The summed E-state index contributed by atoms with van der Waals surface area (Å²) in [7, 11) is 2.00. The van der Waals surface area contributed by atoms with Gasteiger partial charge in [-0.15, -0.1) is 0 Å². The lowest BCUT2D eigenvalue weighted by atomic mass is 10.0. The lowest BCUT2D eigenvalue weighted by molar-refractivity contribution is 0.692. The third kappa shape index (κ3) is 2.74. The maximum atomic E-state index is 8.71. The summed E-state index contributed by atoms with van der Waals surface area (Å²) >= 11 is 0. The van der Waals surface area contributed by atoms with Crippen LogP contribution in [0.15, 0.2) is 24.3 Å². The van der Waals surface area contributed by atoms with Gasteiger partial charge in [0.1, 0.15) is 0 Å². The van der Waals surface area contributed by atoms with Crippen molar-refractivity contribution in [1.29, 1.82) is 5.26 Å². The Kier molecular flexibility index (Phi) is 4.33. The van der Waals surface area contributed by atoms with E-state index in [1.54, 1.807) is 0 Å². The zero-order valence-electron chi connectivity index (χ0n) is 10.1. The molecule has 0 aliphatic heterocycles. The van der Waals surface area contributed by atoms with Gasteiger partial charge in [-0.25, -0.2) is 0 Å².